The molecule has 0 bridgehead atoms. The summed E-state index contributed by atoms with van der Waals surface area (Å²) in [6.45, 7) is 4.52. The molecule has 1 unspecified atom stereocenters. The highest BCUT2D eigenvalue weighted by molar-refractivity contribution is 9.10. The molecule has 0 radical (unpaired) electrons. The van der Waals surface area contributed by atoms with E-state index in [0.29, 0.717) is 50.5 Å². The van der Waals surface area contributed by atoms with Gasteiger partial charge in [0.25, 0.3) is 11.5 Å². The number of amides is 1. The predicted molar refractivity (Wildman–Crippen MR) is 166 cm³/mol. The average molecular weight is 615 g/mol. The molecule has 0 aliphatic heterocycles. The van der Waals surface area contributed by atoms with Crippen molar-refractivity contribution in [1.82, 2.24) is 14.5 Å². The molecule has 0 saturated heterocycles. The summed E-state index contributed by atoms with van der Waals surface area (Å²) >= 11 is 3.64. The first kappa shape index (κ1) is 28.4. The molecule has 5 rings (SSSR count). The van der Waals surface area contributed by atoms with Gasteiger partial charge in [0.2, 0.25) is 0 Å². The topological polar surface area (TPSA) is 73.7 Å². The first-order valence-corrected chi connectivity index (χ1v) is 14.4. The lowest BCUT2D eigenvalue weighted by molar-refractivity contribution is 0.0678. The molecule has 5 aromatic rings. The normalized spacial score (nSPS) is 11.9. The van der Waals surface area contributed by atoms with Crippen LogP contribution in [0.15, 0.2) is 88.1 Å². The highest BCUT2D eigenvalue weighted by Crippen LogP contribution is 2.37. The number of hydrogen-bond donors (Lipinski definition) is 0. The zero-order valence-electron chi connectivity index (χ0n) is 23.6. The Kier molecular flexibility index (Phi) is 8.40. The molecule has 1 aromatic heterocycles. The number of unbranched alkanes of at least 4 members (excludes halogenated alkanes) is 1. The summed E-state index contributed by atoms with van der Waals surface area (Å²) in [6, 6.07) is 23.9. The molecule has 0 spiro atoms. The van der Waals surface area contributed by atoms with Crippen molar-refractivity contribution in [3.8, 4) is 17.2 Å². The number of halogens is 1. The number of nitrogens with zero attached hydrogens (tertiary/aromatic N) is 3. The van der Waals surface area contributed by atoms with Gasteiger partial charge in [-0.3, -0.25) is 14.2 Å². The second-order valence-corrected chi connectivity index (χ2v) is 10.7. The lowest BCUT2D eigenvalue weighted by Crippen LogP contribution is -2.38. The Hall–Kier alpha value is -4.17. The van der Waals surface area contributed by atoms with Gasteiger partial charge < -0.3 is 14.4 Å². The third-order valence-electron chi connectivity index (χ3n) is 7.34. The van der Waals surface area contributed by atoms with Crippen LogP contribution < -0.4 is 15.0 Å². The van der Waals surface area contributed by atoms with E-state index in [2.05, 4.69) is 22.9 Å². The molecule has 0 aliphatic rings. The number of fused-ring (bicyclic) bond motifs is 2. The summed E-state index contributed by atoms with van der Waals surface area (Å²) in [4.78, 5) is 35.1. The van der Waals surface area contributed by atoms with Gasteiger partial charge in [0.05, 0.1) is 41.3 Å². The molecule has 0 fully saturated rings. The second kappa shape index (κ2) is 12.1. The van der Waals surface area contributed by atoms with Crippen LogP contribution in [0.5, 0.6) is 11.5 Å². The summed E-state index contributed by atoms with van der Waals surface area (Å²) < 4.78 is 13.3. The number of aromatic nitrogens is 2. The Bertz CT molecular complexity index is 1800. The van der Waals surface area contributed by atoms with E-state index < -0.39 is 6.04 Å². The van der Waals surface area contributed by atoms with Crippen LogP contribution in [0.2, 0.25) is 0 Å². The Morgan fingerprint density at radius 2 is 1.71 bits per heavy atom. The van der Waals surface area contributed by atoms with Gasteiger partial charge in [0.1, 0.15) is 17.3 Å². The number of hydrogen-bond acceptors (Lipinski definition) is 5. The standard InChI is InChI=1S/C33H32BrN3O4/c1-5-6-17-36(32(38)24-16-15-22-11-7-8-12-23(22)18-24)21(2)31-35-27-14-10-9-13-26(27)33(39)37(31)28-19-25(40-3)20-29(41-4)30(28)34/h7-16,18-21H,5-6,17H2,1-4H3. The van der Waals surface area contributed by atoms with Crippen LogP contribution in [0.3, 0.4) is 0 Å². The zero-order chi connectivity index (χ0) is 29.1. The van der Waals surface area contributed by atoms with Gasteiger partial charge >= 0.3 is 0 Å². The van der Waals surface area contributed by atoms with Crippen molar-refractivity contribution in [3.05, 3.63) is 105 Å². The number of ether oxygens (including phenoxy) is 2. The molecule has 1 atom stereocenters. The molecule has 1 heterocycles. The minimum atomic E-state index is -0.540. The fourth-order valence-electron chi connectivity index (χ4n) is 5.08. The largest absolute Gasteiger partial charge is 0.497 e. The molecule has 0 N–H and O–H groups in total. The maximum absolute atomic E-state index is 14.1. The number of para-hydroxylation sites is 1. The molecule has 41 heavy (non-hydrogen) atoms. The monoisotopic (exact) mass is 613 g/mol. The number of carbonyl (C=O) groups is 1. The first-order valence-electron chi connectivity index (χ1n) is 13.6. The SMILES string of the molecule is CCCCN(C(=O)c1ccc2ccccc2c1)C(C)c1nc2ccccc2c(=O)n1-c1cc(OC)cc(OC)c1Br. The summed E-state index contributed by atoms with van der Waals surface area (Å²) in [7, 11) is 3.12. The number of methoxy groups -OCH3 is 2. The average Bonchev–Trinajstić information content (AvgIpc) is 3.01. The van der Waals surface area contributed by atoms with E-state index in [-0.39, 0.29) is 11.5 Å². The van der Waals surface area contributed by atoms with Crippen molar-refractivity contribution in [1.29, 1.82) is 0 Å². The van der Waals surface area contributed by atoms with Crippen LogP contribution >= 0.6 is 15.9 Å². The molecule has 4 aromatic carbocycles. The van der Waals surface area contributed by atoms with E-state index in [1.54, 1.807) is 37.0 Å². The van der Waals surface area contributed by atoms with Crippen molar-refractivity contribution in [2.45, 2.75) is 32.7 Å². The van der Waals surface area contributed by atoms with Crippen molar-refractivity contribution in [3.63, 3.8) is 0 Å². The van der Waals surface area contributed by atoms with Gasteiger partial charge in [-0.05, 0) is 64.3 Å². The number of benzene rings is 4. The van der Waals surface area contributed by atoms with Crippen LogP contribution in [-0.4, -0.2) is 41.1 Å². The van der Waals surface area contributed by atoms with Gasteiger partial charge in [-0.25, -0.2) is 4.98 Å². The Morgan fingerprint density at radius 1 is 0.976 bits per heavy atom. The smallest absolute Gasteiger partial charge is 0.266 e. The quantitative estimate of drug-likeness (QED) is 0.174. The Balaban J connectivity index is 1.72. The number of carbonyl (C=O) groups excluding carboxylic acids is 1. The van der Waals surface area contributed by atoms with Gasteiger partial charge in [0.15, 0.2) is 0 Å². The summed E-state index contributed by atoms with van der Waals surface area (Å²) in [5.74, 6) is 1.35. The molecule has 0 saturated carbocycles. The molecule has 1 amide bonds. The van der Waals surface area contributed by atoms with Crippen molar-refractivity contribution in [2.24, 2.45) is 0 Å². The van der Waals surface area contributed by atoms with Crippen LogP contribution in [-0.2, 0) is 0 Å². The van der Waals surface area contributed by atoms with Gasteiger partial charge in [-0.1, -0.05) is 55.8 Å². The molecule has 8 heteroatoms. The van der Waals surface area contributed by atoms with Crippen molar-refractivity contribution >= 4 is 43.5 Å². The summed E-state index contributed by atoms with van der Waals surface area (Å²) in [5.41, 5.74) is 1.42. The van der Waals surface area contributed by atoms with Gasteiger partial charge in [-0.2, -0.15) is 0 Å². The lowest BCUT2D eigenvalue weighted by atomic mass is 10.0. The Labute approximate surface area is 247 Å². The van der Waals surface area contributed by atoms with E-state index in [0.717, 1.165) is 23.6 Å². The third-order valence-corrected chi connectivity index (χ3v) is 8.14. The highest BCUT2D eigenvalue weighted by atomic mass is 79.9. The van der Waals surface area contributed by atoms with Gasteiger partial charge in [0, 0.05) is 24.2 Å². The van der Waals surface area contributed by atoms with Crippen LogP contribution in [0.1, 0.15) is 48.9 Å². The molecular weight excluding hydrogens is 582 g/mol. The summed E-state index contributed by atoms with van der Waals surface area (Å²) in [5, 5.41) is 2.53. The highest BCUT2D eigenvalue weighted by Gasteiger charge is 2.29. The maximum Gasteiger partial charge on any atom is 0.266 e. The first-order chi connectivity index (χ1) is 19.9. The lowest BCUT2D eigenvalue weighted by Gasteiger charge is -2.31. The van der Waals surface area contributed by atoms with Crippen LogP contribution in [0, 0.1) is 0 Å². The van der Waals surface area contributed by atoms with E-state index in [1.807, 2.05) is 72.5 Å². The minimum Gasteiger partial charge on any atom is -0.497 e. The molecule has 210 valence electrons. The van der Waals surface area contributed by atoms with Crippen LogP contribution in [0.4, 0.5) is 0 Å². The van der Waals surface area contributed by atoms with Crippen molar-refractivity contribution < 1.29 is 14.3 Å². The molecule has 0 aliphatic carbocycles. The minimum absolute atomic E-state index is 0.118. The molecular formula is C33H32BrN3O4. The van der Waals surface area contributed by atoms with E-state index in [9.17, 15) is 9.59 Å². The zero-order valence-corrected chi connectivity index (χ0v) is 25.1. The van der Waals surface area contributed by atoms with E-state index >= 15 is 0 Å². The molecule has 7 nitrogen and oxygen atoms in total. The summed E-state index contributed by atoms with van der Waals surface area (Å²) in [6.07, 6.45) is 1.71. The second-order valence-electron chi connectivity index (χ2n) is 9.88. The Morgan fingerprint density at radius 3 is 2.44 bits per heavy atom. The van der Waals surface area contributed by atoms with E-state index in [4.69, 9.17) is 14.5 Å². The predicted octanol–water partition coefficient (Wildman–Crippen LogP) is 7.32. The van der Waals surface area contributed by atoms with Crippen LogP contribution in [0.25, 0.3) is 27.4 Å². The van der Waals surface area contributed by atoms with Crippen molar-refractivity contribution in [2.75, 3.05) is 20.8 Å². The van der Waals surface area contributed by atoms with Gasteiger partial charge in [-0.15, -0.1) is 0 Å². The maximum atomic E-state index is 14.1. The fraction of sp³-hybridized carbons (Fsp3) is 0.242. The fourth-order valence-corrected chi connectivity index (χ4v) is 5.65. The van der Waals surface area contributed by atoms with E-state index in [1.165, 1.54) is 0 Å². The number of rotatable bonds is 9. The third kappa shape index (κ3) is 5.44.